The van der Waals surface area contributed by atoms with Crippen LogP contribution in [-0.2, 0) is 11.3 Å². The van der Waals surface area contributed by atoms with Gasteiger partial charge in [0.1, 0.15) is 5.75 Å². The van der Waals surface area contributed by atoms with Crippen molar-refractivity contribution >= 4 is 17.5 Å². The van der Waals surface area contributed by atoms with Gasteiger partial charge < -0.3 is 15.3 Å². The lowest BCUT2D eigenvalue weighted by molar-refractivity contribution is -0.132. The molecule has 5 heteroatoms. The fourth-order valence-corrected chi connectivity index (χ4v) is 2.03. The molecule has 0 aliphatic heterocycles. The number of hydrogen-bond acceptors (Lipinski definition) is 3. The number of hydrogen-bond donors (Lipinski definition) is 2. The lowest BCUT2D eigenvalue weighted by Gasteiger charge is -2.23. The molecule has 0 fully saturated rings. The van der Waals surface area contributed by atoms with Crippen LogP contribution in [0.15, 0.2) is 18.2 Å². The average molecular weight is 285 g/mol. The van der Waals surface area contributed by atoms with Gasteiger partial charge in [0.25, 0.3) is 0 Å². The Kier molecular flexibility index (Phi) is 6.12. The van der Waals surface area contributed by atoms with E-state index in [-0.39, 0.29) is 17.7 Å². The molecule has 1 atom stereocenters. The number of amides is 1. The molecule has 0 aromatic heterocycles. The summed E-state index contributed by atoms with van der Waals surface area (Å²) in [7, 11) is 0. The zero-order valence-electron chi connectivity index (χ0n) is 11.6. The summed E-state index contributed by atoms with van der Waals surface area (Å²) in [4.78, 5) is 13.8. The van der Waals surface area contributed by atoms with Crippen molar-refractivity contribution in [2.75, 3.05) is 13.1 Å². The molecule has 1 aromatic rings. The van der Waals surface area contributed by atoms with Crippen molar-refractivity contribution in [3.63, 3.8) is 0 Å². The van der Waals surface area contributed by atoms with Gasteiger partial charge in [-0.1, -0.05) is 17.7 Å². The Morgan fingerprint density at radius 1 is 1.42 bits per heavy atom. The minimum Gasteiger partial charge on any atom is -0.506 e. The first kappa shape index (κ1) is 15.8. The molecule has 4 nitrogen and oxygen atoms in total. The molecule has 0 aliphatic rings. The van der Waals surface area contributed by atoms with E-state index in [1.807, 2.05) is 20.8 Å². The van der Waals surface area contributed by atoms with E-state index in [0.717, 1.165) is 5.56 Å². The van der Waals surface area contributed by atoms with Crippen LogP contribution in [0.1, 0.15) is 26.3 Å². The SMILES string of the molecule is CCN(CC)C(=O)C(C)NCc1ccc(O)c(Cl)c1. The zero-order valence-corrected chi connectivity index (χ0v) is 12.4. The van der Waals surface area contributed by atoms with Crippen LogP contribution in [0.25, 0.3) is 0 Å². The summed E-state index contributed by atoms with van der Waals surface area (Å²) in [6.07, 6.45) is 0. The highest BCUT2D eigenvalue weighted by Gasteiger charge is 2.17. The van der Waals surface area contributed by atoms with Gasteiger partial charge in [0.15, 0.2) is 0 Å². The lowest BCUT2D eigenvalue weighted by atomic mass is 10.2. The third-order valence-electron chi connectivity index (χ3n) is 3.07. The van der Waals surface area contributed by atoms with Crippen molar-refractivity contribution < 1.29 is 9.90 Å². The lowest BCUT2D eigenvalue weighted by Crippen LogP contribution is -2.44. The summed E-state index contributed by atoms with van der Waals surface area (Å²) < 4.78 is 0. The van der Waals surface area contributed by atoms with Crippen molar-refractivity contribution in [1.29, 1.82) is 0 Å². The topological polar surface area (TPSA) is 52.6 Å². The standard InChI is InChI=1S/C14H21ClN2O2/c1-4-17(5-2)14(19)10(3)16-9-11-6-7-13(18)12(15)8-11/h6-8,10,16,18H,4-5,9H2,1-3H3. The summed E-state index contributed by atoms with van der Waals surface area (Å²) in [5.74, 6) is 0.160. The average Bonchev–Trinajstić information content (AvgIpc) is 2.41. The number of benzene rings is 1. The van der Waals surface area contributed by atoms with E-state index in [9.17, 15) is 9.90 Å². The monoisotopic (exact) mass is 284 g/mol. The van der Waals surface area contributed by atoms with Gasteiger partial charge in [0.2, 0.25) is 5.91 Å². The molecule has 0 heterocycles. The van der Waals surface area contributed by atoms with Crippen LogP contribution < -0.4 is 5.32 Å². The fourth-order valence-electron chi connectivity index (χ4n) is 1.83. The first-order valence-corrected chi connectivity index (χ1v) is 6.86. The first-order chi connectivity index (χ1) is 8.99. The summed E-state index contributed by atoms with van der Waals surface area (Å²) in [6, 6.07) is 4.78. The molecule has 0 saturated carbocycles. The molecule has 19 heavy (non-hydrogen) atoms. The van der Waals surface area contributed by atoms with Crippen molar-refractivity contribution in [1.82, 2.24) is 10.2 Å². The first-order valence-electron chi connectivity index (χ1n) is 6.49. The molecule has 0 bridgehead atoms. The number of carbonyl (C=O) groups is 1. The smallest absolute Gasteiger partial charge is 0.239 e. The second kappa shape index (κ2) is 7.36. The number of phenolic OH excluding ortho intramolecular Hbond substituents is 1. The van der Waals surface area contributed by atoms with Crippen molar-refractivity contribution in [2.45, 2.75) is 33.4 Å². The number of carbonyl (C=O) groups excluding carboxylic acids is 1. The Bertz CT molecular complexity index is 433. The Labute approximate surface area is 119 Å². The molecule has 0 saturated heterocycles. The molecule has 0 spiro atoms. The maximum absolute atomic E-state index is 12.0. The number of likely N-dealkylation sites (N-methyl/N-ethyl adjacent to an activating group) is 1. The van der Waals surface area contributed by atoms with Crippen LogP contribution in [0.5, 0.6) is 5.75 Å². The Morgan fingerprint density at radius 2 is 2.05 bits per heavy atom. The van der Waals surface area contributed by atoms with Crippen LogP contribution >= 0.6 is 11.6 Å². The second-order valence-corrected chi connectivity index (χ2v) is 4.81. The van der Waals surface area contributed by atoms with Gasteiger partial charge in [-0.25, -0.2) is 0 Å². The maximum Gasteiger partial charge on any atom is 0.239 e. The van der Waals surface area contributed by atoms with E-state index in [2.05, 4.69) is 5.32 Å². The highest BCUT2D eigenvalue weighted by atomic mass is 35.5. The van der Waals surface area contributed by atoms with Crippen LogP contribution in [0, 0.1) is 0 Å². The van der Waals surface area contributed by atoms with Crippen LogP contribution in [-0.4, -0.2) is 35.0 Å². The molecular weight excluding hydrogens is 264 g/mol. The van der Waals surface area contributed by atoms with Gasteiger partial charge in [-0.05, 0) is 38.5 Å². The molecule has 0 aliphatic carbocycles. The third kappa shape index (κ3) is 4.40. The number of nitrogens with zero attached hydrogens (tertiary/aromatic N) is 1. The number of rotatable bonds is 6. The minimum absolute atomic E-state index is 0.0673. The number of phenols is 1. The highest BCUT2D eigenvalue weighted by molar-refractivity contribution is 6.32. The zero-order chi connectivity index (χ0) is 14.4. The molecule has 1 aromatic carbocycles. The van der Waals surface area contributed by atoms with Crippen LogP contribution in [0.4, 0.5) is 0 Å². The molecular formula is C14H21ClN2O2. The molecule has 2 N–H and O–H groups in total. The maximum atomic E-state index is 12.0. The van der Waals surface area contributed by atoms with Gasteiger partial charge in [0, 0.05) is 19.6 Å². The van der Waals surface area contributed by atoms with E-state index in [4.69, 9.17) is 11.6 Å². The van der Waals surface area contributed by atoms with Crippen molar-refractivity contribution in [2.24, 2.45) is 0 Å². The van der Waals surface area contributed by atoms with Gasteiger partial charge in [-0.3, -0.25) is 4.79 Å². The normalized spacial score (nSPS) is 12.2. The van der Waals surface area contributed by atoms with Gasteiger partial charge >= 0.3 is 0 Å². The van der Waals surface area contributed by atoms with E-state index in [1.165, 1.54) is 0 Å². The minimum atomic E-state index is -0.243. The summed E-state index contributed by atoms with van der Waals surface area (Å²) >= 11 is 5.83. The molecule has 1 rings (SSSR count). The van der Waals surface area contributed by atoms with Crippen molar-refractivity contribution in [3.8, 4) is 5.75 Å². The molecule has 1 unspecified atom stereocenters. The predicted octanol–water partition coefficient (Wildman–Crippen LogP) is 2.39. The summed E-state index contributed by atoms with van der Waals surface area (Å²) in [5, 5.41) is 12.8. The third-order valence-corrected chi connectivity index (χ3v) is 3.37. The van der Waals surface area contributed by atoms with E-state index in [1.54, 1.807) is 23.1 Å². The molecule has 0 radical (unpaired) electrons. The quantitative estimate of drug-likeness (QED) is 0.843. The fraction of sp³-hybridized carbons (Fsp3) is 0.500. The number of nitrogens with one attached hydrogen (secondary N) is 1. The number of halogens is 1. The van der Waals surface area contributed by atoms with Gasteiger partial charge in [-0.15, -0.1) is 0 Å². The molecule has 106 valence electrons. The van der Waals surface area contributed by atoms with E-state index >= 15 is 0 Å². The number of aromatic hydroxyl groups is 1. The Morgan fingerprint density at radius 3 is 2.58 bits per heavy atom. The second-order valence-electron chi connectivity index (χ2n) is 4.40. The van der Waals surface area contributed by atoms with E-state index < -0.39 is 0 Å². The Balaban J connectivity index is 2.56. The summed E-state index contributed by atoms with van der Waals surface area (Å²) in [6.45, 7) is 7.75. The highest BCUT2D eigenvalue weighted by Crippen LogP contribution is 2.23. The van der Waals surface area contributed by atoms with Crippen LogP contribution in [0.2, 0.25) is 5.02 Å². The van der Waals surface area contributed by atoms with Crippen LogP contribution in [0.3, 0.4) is 0 Å². The molecule has 1 amide bonds. The van der Waals surface area contributed by atoms with Gasteiger partial charge in [-0.2, -0.15) is 0 Å². The largest absolute Gasteiger partial charge is 0.506 e. The van der Waals surface area contributed by atoms with Crippen molar-refractivity contribution in [3.05, 3.63) is 28.8 Å². The van der Waals surface area contributed by atoms with E-state index in [0.29, 0.717) is 24.7 Å². The van der Waals surface area contributed by atoms with Gasteiger partial charge in [0.05, 0.1) is 11.1 Å². The summed E-state index contributed by atoms with van der Waals surface area (Å²) in [5.41, 5.74) is 0.932. The Hall–Kier alpha value is -1.26. The predicted molar refractivity (Wildman–Crippen MR) is 77.3 cm³/mol.